The number of likely N-dealkylation sites (tertiary alicyclic amines) is 1. The van der Waals surface area contributed by atoms with Crippen molar-refractivity contribution in [2.24, 2.45) is 0 Å². The zero-order valence-corrected chi connectivity index (χ0v) is 14.6. The van der Waals surface area contributed by atoms with Gasteiger partial charge in [-0.15, -0.1) is 0 Å². The summed E-state index contributed by atoms with van der Waals surface area (Å²) in [7, 11) is 0. The van der Waals surface area contributed by atoms with Crippen LogP contribution in [-0.4, -0.2) is 28.4 Å². The van der Waals surface area contributed by atoms with Crippen LogP contribution in [0.15, 0.2) is 54.6 Å². The minimum absolute atomic E-state index is 0.0590. The average molecular weight is 349 g/mol. The van der Waals surface area contributed by atoms with Crippen LogP contribution in [0.25, 0.3) is 10.9 Å². The molecule has 1 aliphatic rings. The number of carbonyl (C=O) groups excluding carboxylic acids is 1. The molecule has 132 valence electrons. The van der Waals surface area contributed by atoms with E-state index in [1.165, 1.54) is 12.1 Å². The summed E-state index contributed by atoms with van der Waals surface area (Å²) < 4.78 is 13.0. The van der Waals surface area contributed by atoms with Crippen molar-refractivity contribution in [3.8, 4) is 0 Å². The van der Waals surface area contributed by atoms with Gasteiger partial charge in [-0.05, 0) is 48.7 Å². The van der Waals surface area contributed by atoms with Crippen LogP contribution in [0.3, 0.4) is 0 Å². The lowest BCUT2D eigenvalue weighted by atomic mass is 10.1. The Labute approximate surface area is 151 Å². The summed E-state index contributed by atoms with van der Waals surface area (Å²) in [5.74, 6) is 0.549. The van der Waals surface area contributed by atoms with Crippen molar-refractivity contribution in [3.63, 3.8) is 0 Å². The summed E-state index contributed by atoms with van der Waals surface area (Å²) in [5.41, 5.74) is 2.86. The van der Waals surface area contributed by atoms with E-state index in [0.29, 0.717) is 13.1 Å². The van der Waals surface area contributed by atoms with E-state index in [-0.39, 0.29) is 17.8 Å². The van der Waals surface area contributed by atoms with Crippen molar-refractivity contribution in [3.05, 3.63) is 71.5 Å². The fourth-order valence-electron chi connectivity index (χ4n) is 3.37. The van der Waals surface area contributed by atoms with Gasteiger partial charge in [0, 0.05) is 18.5 Å². The molecule has 2 heterocycles. The number of aromatic nitrogens is 1. The van der Waals surface area contributed by atoms with Gasteiger partial charge in [0.05, 0.1) is 5.52 Å². The number of fused-ring (bicyclic) bond motifs is 1. The highest BCUT2D eigenvalue weighted by atomic mass is 19.1. The molecule has 0 aliphatic carbocycles. The first-order chi connectivity index (χ1) is 12.6. The lowest BCUT2D eigenvalue weighted by molar-refractivity contribution is -0.128. The van der Waals surface area contributed by atoms with Crippen molar-refractivity contribution in [1.82, 2.24) is 9.88 Å². The van der Waals surface area contributed by atoms with Gasteiger partial charge in [-0.3, -0.25) is 4.79 Å². The Bertz CT molecular complexity index is 955. The van der Waals surface area contributed by atoms with E-state index in [1.807, 2.05) is 31.2 Å². The second kappa shape index (κ2) is 6.75. The molecule has 1 saturated heterocycles. The molecule has 26 heavy (non-hydrogen) atoms. The van der Waals surface area contributed by atoms with E-state index in [4.69, 9.17) is 0 Å². The van der Waals surface area contributed by atoms with E-state index >= 15 is 0 Å². The number of hydrogen-bond donors (Lipinski definition) is 1. The van der Waals surface area contributed by atoms with Gasteiger partial charge in [-0.25, -0.2) is 9.37 Å². The van der Waals surface area contributed by atoms with E-state index in [0.717, 1.165) is 34.3 Å². The maximum Gasteiger partial charge on any atom is 0.245 e. The Kier molecular flexibility index (Phi) is 4.29. The van der Waals surface area contributed by atoms with E-state index in [2.05, 4.69) is 16.4 Å². The molecule has 0 spiro atoms. The molecule has 4 rings (SSSR count). The number of pyridine rings is 1. The van der Waals surface area contributed by atoms with Crippen LogP contribution >= 0.6 is 0 Å². The zero-order chi connectivity index (χ0) is 18.1. The van der Waals surface area contributed by atoms with Crippen molar-refractivity contribution < 1.29 is 9.18 Å². The number of rotatable bonds is 4. The molecule has 1 amide bonds. The normalized spacial score (nSPS) is 17.1. The Hall–Kier alpha value is -2.95. The molecule has 5 heteroatoms. The molecule has 1 aromatic heterocycles. The van der Waals surface area contributed by atoms with Crippen LogP contribution in [-0.2, 0) is 11.3 Å². The topological polar surface area (TPSA) is 45.2 Å². The molecule has 1 unspecified atom stereocenters. The summed E-state index contributed by atoms with van der Waals surface area (Å²) in [6, 6.07) is 16.0. The SMILES string of the molecule is Cc1cc2ccccc2nc1NC1CCN(Cc2ccc(F)cc2)C1=O. The minimum Gasteiger partial charge on any atom is -0.358 e. The lowest BCUT2D eigenvalue weighted by Crippen LogP contribution is -2.33. The number of benzene rings is 2. The maximum absolute atomic E-state index is 13.0. The predicted molar refractivity (Wildman–Crippen MR) is 100 cm³/mol. The molecule has 1 aliphatic heterocycles. The van der Waals surface area contributed by atoms with Gasteiger partial charge < -0.3 is 10.2 Å². The number of carbonyl (C=O) groups is 1. The number of hydrogen-bond acceptors (Lipinski definition) is 3. The highest BCUT2D eigenvalue weighted by Crippen LogP contribution is 2.23. The number of aryl methyl sites for hydroxylation is 1. The molecule has 0 radical (unpaired) electrons. The highest BCUT2D eigenvalue weighted by Gasteiger charge is 2.32. The van der Waals surface area contributed by atoms with E-state index in [1.54, 1.807) is 17.0 Å². The zero-order valence-electron chi connectivity index (χ0n) is 14.6. The third-order valence-corrected chi connectivity index (χ3v) is 4.81. The summed E-state index contributed by atoms with van der Waals surface area (Å²) in [6.07, 6.45) is 0.730. The van der Waals surface area contributed by atoms with Crippen molar-refractivity contribution >= 4 is 22.6 Å². The van der Waals surface area contributed by atoms with Gasteiger partial charge >= 0.3 is 0 Å². The number of amides is 1. The van der Waals surface area contributed by atoms with E-state index < -0.39 is 0 Å². The molecule has 1 fully saturated rings. The summed E-state index contributed by atoms with van der Waals surface area (Å²) in [6.45, 7) is 3.18. The standard InChI is InChI=1S/C21H20FN3O/c1-14-12-16-4-2-3-5-18(16)23-20(14)24-19-10-11-25(21(19)26)13-15-6-8-17(22)9-7-15/h2-9,12,19H,10-11,13H2,1H3,(H,23,24). The van der Waals surface area contributed by atoms with Gasteiger partial charge in [0.25, 0.3) is 0 Å². The van der Waals surface area contributed by atoms with Crippen molar-refractivity contribution in [2.75, 3.05) is 11.9 Å². The number of anilines is 1. The largest absolute Gasteiger partial charge is 0.358 e. The molecule has 1 N–H and O–H groups in total. The summed E-state index contributed by atoms with van der Waals surface area (Å²) in [5, 5.41) is 4.40. The smallest absolute Gasteiger partial charge is 0.245 e. The number of nitrogens with one attached hydrogen (secondary N) is 1. The van der Waals surface area contributed by atoms with Crippen LogP contribution in [0.1, 0.15) is 17.5 Å². The first-order valence-electron chi connectivity index (χ1n) is 8.76. The third-order valence-electron chi connectivity index (χ3n) is 4.81. The highest BCUT2D eigenvalue weighted by molar-refractivity contribution is 5.88. The Balaban J connectivity index is 1.48. The molecule has 0 saturated carbocycles. The van der Waals surface area contributed by atoms with Crippen LogP contribution in [0, 0.1) is 12.7 Å². The van der Waals surface area contributed by atoms with E-state index in [9.17, 15) is 9.18 Å². The average Bonchev–Trinajstić information content (AvgIpc) is 2.97. The summed E-state index contributed by atoms with van der Waals surface area (Å²) in [4.78, 5) is 19.2. The lowest BCUT2D eigenvalue weighted by Gasteiger charge is -2.18. The molecule has 0 bridgehead atoms. The van der Waals surface area contributed by atoms with Gasteiger partial charge in [-0.2, -0.15) is 0 Å². The van der Waals surface area contributed by atoms with Crippen LogP contribution in [0.4, 0.5) is 10.2 Å². The van der Waals surface area contributed by atoms with Gasteiger partial charge in [0.1, 0.15) is 17.7 Å². The Morgan fingerprint density at radius 1 is 1.19 bits per heavy atom. The van der Waals surface area contributed by atoms with Crippen LogP contribution in [0.5, 0.6) is 0 Å². The first kappa shape index (κ1) is 16.5. The van der Waals surface area contributed by atoms with Crippen molar-refractivity contribution in [2.45, 2.75) is 25.9 Å². The second-order valence-corrected chi connectivity index (χ2v) is 6.72. The third kappa shape index (κ3) is 3.25. The predicted octanol–water partition coefficient (Wildman–Crippen LogP) is 3.90. The van der Waals surface area contributed by atoms with Gasteiger partial charge in [-0.1, -0.05) is 30.3 Å². The second-order valence-electron chi connectivity index (χ2n) is 6.72. The van der Waals surface area contributed by atoms with Crippen LogP contribution < -0.4 is 5.32 Å². The molecular formula is C21H20FN3O. The molecule has 4 nitrogen and oxygen atoms in total. The van der Waals surface area contributed by atoms with Gasteiger partial charge in [0.2, 0.25) is 5.91 Å². The Morgan fingerprint density at radius 3 is 2.77 bits per heavy atom. The fourth-order valence-corrected chi connectivity index (χ4v) is 3.37. The maximum atomic E-state index is 13.0. The molecule has 2 aromatic carbocycles. The molecular weight excluding hydrogens is 329 g/mol. The number of nitrogens with zero attached hydrogens (tertiary/aromatic N) is 2. The minimum atomic E-state index is -0.275. The monoisotopic (exact) mass is 349 g/mol. The molecule has 1 atom stereocenters. The summed E-state index contributed by atoms with van der Waals surface area (Å²) >= 11 is 0. The number of halogens is 1. The Morgan fingerprint density at radius 2 is 1.96 bits per heavy atom. The van der Waals surface area contributed by atoms with Gasteiger partial charge in [0.15, 0.2) is 0 Å². The quantitative estimate of drug-likeness (QED) is 0.777. The first-order valence-corrected chi connectivity index (χ1v) is 8.76. The molecule has 3 aromatic rings. The van der Waals surface area contributed by atoms with Crippen molar-refractivity contribution in [1.29, 1.82) is 0 Å². The van der Waals surface area contributed by atoms with Crippen LogP contribution in [0.2, 0.25) is 0 Å². The fraction of sp³-hybridized carbons (Fsp3) is 0.238. The number of para-hydroxylation sites is 1.